The highest BCUT2D eigenvalue weighted by Gasteiger charge is 2.27. The summed E-state index contributed by atoms with van der Waals surface area (Å²) in [5.74, 6) is 1.83. The molecule has 2 aromatic heterocycles. The van der Waals surface area contributed by atoms with Crippen LogP contribution in [0.15, 0.2) is 53.6 Å². The van der Waals surface area contributed by atoms with Gasteiger partial charge in [0.15, 0.2) is 5.82 Å². The number of carbonyl (C=O) groups excluding carboxylic acids is 1. The van der Waals surface area contributed by atoms with Crippen LogP contribution in [0.1, 0.15) is 37.3 Å². The summed E-state index contributed by atoms with van der Waals surface area (Å²) < 4.78 is 6.98. The van der Waals surface area contributed by atoms with E-state index in [4.69, 9.17) is 4.74 Å². The van der Waals surface area contributed by atoms with Gasteiger partial charge in [-0.2, -0.15) is 0 Å². The van der Waals surface area contributed by atoms with E-state index in [1.807, 2.05) is 36.4 Å². The van der Waals surface area contributed by atoms with Crippen LogP contribution in [-0.2, 0) is 11.3 Å². The Morgan fingerprint density at radius 2 is 2.00 bits per heavy atom. The molecule has 3 heterocycles. The number of piperidine rings is 1. The summed E-state index contributed by atoms with van der Waals surface area (Å²) in [6, 6.07) is 13.2. The molecule has 9 heteroatoms. The highest BCUT2D eigenvalue weighted by atomic mass is 16.5. The maximum absolute atomic E-state index is 12.8. The van der Waals surface area contributed by atoms with Crippen LogP contribution in [0.2, 0.25) is 0 Å². The molecule has 1 amide bonds. The fourth-order valence-corrected chi connectivity index (χ4v) is 4.55. The van der Waals surface area contributed by atoms with Crippen LogP contribution in [0.4, 0.5) is 5.82 Å². The number of nitrogens with one attached hydrogen (secondary N) is 1. The van der Waals surface area contributed by atoms with Crippen LogP contribution in [0.5, 0.6) is 5.75 Å². The smallest absolute Gasteiger partial charge is 0.253 e. The number of ether oxygens (including phenoxy) is 1. The number of amides is 1. The zero-order valence-corrected chi connectivity index (χ0v) is 19.9. The zero-order chi connectivity index (χ0) is 24.2. The Labute approximate surface area is 204 Å². The summed E-state index contributed by atoms with van der Waals surface area (Å²) in [4.78, 5) is 31.6. The van der Waals surface area contributed by atoms with Gasteiger partial charge in [0.25, 0.3) is 5.56 Å². The lowest BCUT2D eigenvalue weighted by molar-refractivity contribution is -0.125. The Balaban J connectivity index is 1.16. The Morgan fingerprint density at radius 1 is 1.14 bits per heavy atom. The number of para-hydroxylation sites is 1. The first-order valence-corrected chi connectivity index (χ1v) is 12.2. The van der Waals surface area contributed by atoms with Crippen LogP contribution in [0, 0.1) is 5.92 Å². The van der Waals surface area contributed by atoms with Gasteiger partial charge in [0.2, 0.25) is 5.91 Å². The monoisotopic (exact) mass is 474 g/mol. The molecule has 2 aliphatic rings. The SMILES string of the molecule is COc1ccccc1-c1ccc(N2CCCC(C(=O)NCCn3cnc(C4CC4)cc3=O)C2)nn1. The molecule has 1 unspecified atom stereocenters. The molecule has 1 atom stereocenters. The van der Waals surface area contributed by atoms with Crippen molar-refractivity contribution in [1.29, 1.82) is 0 Å². The van der Waals surface area contributed by atoms with Crippen LogP contribution in [-0.4, -0.2) is 52.4 Å². The fourth-order valence-electron chi connectivity index (χ4n) is 4.55. The predicted molar refractivity (Wildman–Crippen MR) is 132 cm³/mol. The van der Waals surface area contributed by atoms with Gasteiger partial charge in [-0.15, -0.1) is 10.2 Å². The summed E-state index contributed by atoms with van der Waals surface area (Å²) in [6.45, 7) is 2.23. The summed E-state index contributed by atoms with van der Waals surface area (Å²) in [7, 11) is 1.64. The molecule has 1 saturated carbocycles. The molecule has 0 radical (unpaired) electrons. The molecule has 182 valence electrons. The number of benzene rings is 1. The molecule has 9 nitrogen and oxygen atoms in total. The summed E-state index contributed by atoms with van der Waals surface area (Å²) in [6.07, 6.45) is 5.55. The Hall–Kier alpha value is -3.75. The van der Waals surface area contributed by atoms with Crippen molar-refractivity contribution in [2.24, 2.45) is 5.92 Å². The van der Waals surface area contributed by atoms with Gasteiger partial charge in [-0.1, -0.05) is 12.1 Å². The van der Waals surface area contributed by atoms with Gasteiger partial charge in [-0.05, 0) is 49.9 Å². The van der Waals surface area contributed by atoms with Crippen molar-refractivity contribution < 1.29 is 9.53 Å². The third-order valence-electron chi connectivity index (χ3n) is 6.70. The van der Waals surface area contributed by atoms with Gasteiger partial charge < -0.3 is 15.0 Å². The highest BCUT2D eigenvalue weighted by molar-refractivity contribution is 5.79. The molecule has 2 fully saturated rings. The van der Waals surface area contributed by atoms with E-state index < -0.39 is 0 Å². The number of nitrogens with zero attached hydrogens (tertiary/aromatic N) is 5. The first-order chi connectivity index (χ1) is 17.1. The van der Waals surface area contributed by atoms with E-state index in [2.05, 4.69) is 25.4 Å². The predicted octanol–water partition coefficient (Wildman–Crippen LogP) is 2.62. The third-order valence-corrected chi connectivity index (χ3v) is 6.70. The number of hydrogen-bond donors (Lipinski definition) is 1. The lowest BCUT2D eigenvalue weighted by Gasteiger charge is -2.32. The molecule has 1 aliphatic heterocycles. The average Bonchev–Trinajstić information content (AvgIpc) is 3.75. The van der Waals surface area contributed by atoms with E-state index >= 15 is 0 Å². The van der Waals surface area contributed by atoms with Gasteiger partial charge in [0, 0.05) is 43.7 Å². The largest absolute Gasteiger partial charge is 0.496 e. The van der Waals surface area contributed by atoms with Crippen molar-refractivity contribution in [2.75, 3.05) is 31.6 Å². The summed E-state index contributed by atoms with van der Waals surface area (Å²) >= 11 is 0. The molecule has 1 N–H and O–H groups in total. The second-order valence-corrected chi connectivity index (χ2v) is 9.17. The highest BCUT2D eigenvalue weighted by Crippen LogP contribution is 2.38. The van der Waals surface area contributed by atoms with Crippen molar-refractivity contribution in [3.8, 4) is 17.0 Å². The minimum Gasteiger partial charge on any atom is -0.496 e. The quantitative estimate of drug-likeness (QED) is 0.535. The van der Waals surface area contributed by atoms with E-state index in [9.17, 15) is 9.59 Å². The first-order valence-electron chi connectivity index (χ1n) is 12.2. The molecule has 0 bridgehead atoms. The third kappa shape index (κ3) is 5.34. The van der Waals surface area contributed by atoms with Crippen LogP contribution >= 0.6 is 0 Å². The van der Waals surface area contributed by atoms with Gasteiger partial charge in [-0.25, -0.2) is 4.98 Å². The van der Waals surface area contributed by atoms with E-state index in [-0.39, 0.29) is 17.4 Å². The Morgan fingerprint density at radius 3 is 2.74 bits per heavy atom. The lowest BCUT2D eigenvalue weighted by Crippen LogP contribution is -2.44. The standard InChI is InChI=1S/C26H30N6O3/c1-35-23-7-3-2-6-20(23)21-10-11-24(30-29-21)31-13-4-5-19(16-31)26(34)27-12-14-32-17-28-22(15-25(32)33)18-8-9-18/h2-3,6-7,10-11,15,17-19H,4-5,8-9,12-14,16H2,1H3,(H,27,34). The number of methoxy groups -OCH3 is 1. The second-order valence-electron chi connectivity index (χ2n) is 9.17. The van der Waals surface area contributed by atoms with Crippen molar-refractivity contribution in [3.63, 3.8) is 0 Å². The Bertz CT molecular complexity index is 1240. The maximum atomic E-state index is 12.8. The van der Waals surface area contributed by atoms with Gasteiger partial charge in [-0.3, -0.25) is 14.2 Å². The van der Waals surface area contributed by atoms with Crippen LogP contribution in [0.25, 0.3) is 11.3 Å². The number of hydrogen-bond acceptors (Lipinski definition) is 7. The number of aromatic nitrogens is 4. The van der Waals surface area contributed by atoms with E-state index in [1.165, 1.54) is 0 Å². The minimum absolute atomic E-state index is 0.00362. The van der Waals surface area contributed by atoms with E-state index in [0.717, 1.165) is 60.7 Å². The van der Waals surface area contributed by atoms with E-state index in [0.29, 0.717) is 25.6 Å². The van der Waals surface area contributed by atoms with Crippen molar-refractivity contribution >= 4 is 11.7 Å². The lowest BCUT2D eigenvalue weighted by atomic mass is 9.97. The van der Waals surface area contributed by atoms with Crippen molar-refractivity contribution in [2.45, 2.75) is 38.1 Å². The fraction of sp³-hybridized carbons (Fsp3) is 0.423. The average molecular weight is 475 g/mol. The van der Waals surface area contributed by atoms with Crippen molar-refractivity contribution in [3.05, 3.63) is 64.8 Å². The molecular formula is C26H30N6O3. The van der Waals surface area contributed by atoms with Crippen molar-refractivity contribution in [1.82, 2.24) is 25.1 Å². The summed E-state index contributed by atoms with van der Waals surface area (Å²) in [5.41, 5.74) is 2.46. The molecule has 35 heavy (non-hydrogen) atoms. The molecule has 3 aromatic rings. The molecular weight excluding hydrogens is 444 g/mol. The molecule has 1 aromatic carbocycles. The van der Waals surface area contributed by atoms with Gasteiger partial charge >= 0.3 is 0 Å². The molecule has 1 saturated heterocycles. The normalized spacial score (nSPS) is 17.7. The molecule has 0 spiro atoms. The topological polar surface area (TPSA) is 102 Å². The number of carbonyl (C=O) groups is 1. The Kier molecular flexibility index (Phi) is 6.74. The van der Waals surface area contributed by atoms with Crippen LogP contribution < -0.4 is 20.5 Å². The zero-order valence-electron chi connectivity index (χ0n) is 19.9. The number of anilines is 1. The molecule has 5 rings (SSSR count). The first kappa shape index (κ1) is 23.0. The minimum atomic E-state index is -0.133. The second kappa shape index (κ2) is 10.2. The molecule has 1 aliphatic carbocycles. The number of rotatable bonds is 8. The van der Waals surface area contributed by atoms with Crippen LogP contribution in [0.3, 0.4) is 0 Å². The van der Waals surface area contributed by atoms with E-state index in [1.54, 1.807) is 24.1 Å². The maximum Gasteiger partial charge on any atom is 0.253 e. The summed E-state index contributed by atoms with van der Waals surface area (Å²) in [5, 5.41) is 11.8. The van der Waals surface area contributed by atoms with Gasteiger partial charge in [0.1, 0.15) is 5.75 Å². The van der Waals surface area contributed by atoms with Gasteiger partial charge in [0.05, 0.1) is 30.7 Å².